The predicted molar refractivity (Wildman–Crippen MR) is 67.5 cm³/mol. The zero-order valence-electron chi connectivity index (χ0n) is 11.6. The van der Waals surface area contributed by atoms with Gasteiger partial charge in [-0.2, -0.15) is 0 Å². The fourth-order valence-corrected chi connectivity index (χ4v) is 2.50. The normalized spacial score (nSPS) is 25.8. The second-order valence-electron chi connectivity index (χ2n) is 5.97. The van der Waals surface area contributed by atoms with Crippen molar-refractivity contribution in [2.45, 2.75) is 58.9 Å². The van der Waals surface area contributed by atoms with E-state index in [1.54, 1.807) is 0 Å². The predicted octanol–water partition coefficient (Wildman–Crippen LogP) is 1.09. The van der Waals surface area contributed by atoms with Crippen LogP contribution in [0.2, 0.25) is 0 Å². The molecule has 1 N–H and O–H groups in total. The highest BCUT2D eigenvalue weighted by atomic mass is 16.4. The number of amides is 1. The molecule has 104 valence electrons. The monoisotopic (exact) mass is 254 g/mol. The summed E-state index contributed by atoms with van der Waals surface area (Å²) in [6, 6.07) is -0.850. The minimum absolute atomic E-state index is 0.0183. The molecule has 0 saturated heterocycles. The van der Waals surface area contributed by atoms with Gasteiger partial charge in [-0.25, -0.2) is 0 Å². The number of rotatable bonds is 5. The molecule has 0 aromatic rings. The van der Waals surface area contributed by atoms with Crippen LogP contribution in [0.1, 0.15) is 52.9 Å². The van der Waals surface area contributed by atoms with Crippen LogP contribution in [-0.4, -0.2) is 17.9 Å². The van der Waals surface area contributed by atoms with Gasteiger partial charge in [-0.05, 0) is 43.9 Å². The van der Waals surface area contributed by atoms with Gasteiger partial charge in [-0.3, -0.25) is 4.79 Å². The van der Waals surface area contributed by atoms with Crippen LogP contribution in [0.4, 0.5) is 0 Å². The molecule has 1 atom stereocenters. The van der Waals surface area contributed by atoms with Crippen molar-refractivity contribution in [3.63, 3.8) is 0 Å². The van der Waals surface area contributed by atoms with E-state index in [-0.39, 0.29) is 17.7 Å². The fraction of sp³-hybridized carbons (Fsp3) is 0.857. The van der Waals surface area contributed by atoms with Crippen LogP contribution in [0.5, 0.6) is 0 Å². The first kappa shape index (κ1) is 15.0. The molecule has 1 fully saturated rings. The first-order valence-corrected chi connectivity index (χ1v) is 6.91. The standard InChI is InChI=1S/C14H25NO3/c1-9(2)8-12(14(17)18)15-13(16)11-6-4-10(3)5-7-11/h9-12H,4-8H2,1-3H3,(H,15,16)(H,17,18)/p-1/t10?,11?,12-/m1/s1. The Balaban J connectivity index is 2.48. The van der Waals surface area contributed by atoms with Crippen molar-refractivity contribution in [2.75, 3.05) is 0 Å². The molecule has 0 aromatic carbocycles. The van der Waals surface area contributed by atoms with Gasteiger partial charge in [0.1, 0.15) is 0 Å². The fourth-order valence-electron chi connectivity index (χ4n) is 2.50. The second-order valence-corrected chi connectivity index (χ2v) is 5.97. The summed E-state index contributed by atoms with van der Waals surface area (Å²) in [5.74, 6) is -0.408. The molecule has 0 aromatic heterocycles. The third kappa shape index (κ3) is 4.67. The lowest BCUT2D eigenvalue weighted by molar-refractivity contribution is -0.308. The third-order valence-corrected chi connectivity index (χ3v) is 3.69. The number of nitrogens with one attached hydrogen (secondary N) is 1. The number of hydrogen-bond donors (Lipinski definition) is 1. The van der Waals surface area contributed by atoms with Crippen LogP contribution in [0.25, 0.3) is 0 Å². The summed E-state index contributed by atoms with van der Waals surface area (Å²) in [5, 5.41) is 13.6. The molecule has 1 rings (SSSR count). The topological polar surface area (TPSA) is 69.2 Å². The summed E-state index contributed by atoms with van der Waals surface area (Å²) in [6.07, 6.45) is 4.27. The van der Waals surface area contributed by atoms with Gasteiger partial charge in [0.05, 0.1) is 12.0 Å². The molecule has 4 heteroatoms. The van der Waals surface area contributed by atoms with E-state index < -0.39 is 12.0 Å². The van der Waals surface area contributed by atoms with Crippen molar-refractivity contribution in [1.29, 1.82) is 0 Å². The minimum atomic E-state index is -1.18. The minimum Gasteiger partial charge on any atom is -0.548 e. The number of carbonyl (C=O) groups is 2. The summed E-state index contributed by atoms with van der Waals surface area (Å²) >= 11 is 0. The Hall–Kier alpha value is -1.06. The smallest absolute Gasteiger partial charge is 0.223 e. The third-order valence-electron chi connectivity index (χ3n) is 3.69. The van der Waals surface area contributed by atoms with Gasteiger partial charge in [0, 0.05) is 5.92 Å². The van der Waals surface area contributed by atoms with Crippen LogP contribution in [0.3, 0.4) is 0 Å². The Bertz CT molecular complexity index is 293. The summed E-state index contributed by atoms with van der Waals surface area (Å²) in [5.41, 5.74) is 0. The van der Waals surface area contributed by atoms with Gasteiger partial charge in [0.2, 0.25) is 5.91 Å². The molecule has 1 saturated carbocycles. The van der Waals surface area contributed by atoms with E-state index in [1.807, 2.05) is 13.8 Å². The first-order valence-electron chi connectivity index (χ1n) is 6.91. The highest BCUT2D eigenvalue weighted by Gasteiger charge is 2.26. The van der Waals surface area contributed by atoms with E-state index in [4.69, 9.17) is 0 Å². The number of hydrogen-bond acceptors (Lipinski definition) is 3. The maximum Gasteiger partial charge on any atom is 0.223 e. The molecule has 1 aliphatic rings. The Morgan fingerprint density at radius 1 is 1.22 bits per heavy atom. The Morgan fingerprint density at radius 3 is 2.22 bits per heavy atom. The van der Waals surface area contributed by atoms with Crippen LogP contribution < -0.4 is 10.4 Å². The van der Waals surface area contributed by atoms with Crippen molar-refractivity contribution in [3.8, 4) is 0 Å². The summed E-state index contributed by atoms with van der Waals surface area (Å²) in [6.45, 7) is 6.06. The van der Waals surface area contributed by atoms with Crippen LogP contribution in [0, 0.1) is 17.8 Å². The zero-order valence-corrected chi connectivity index (χ0v) is 11.6. The van der Waals surface area contributed by atoms with Crippen molar-refractivity contribution in [3.05, 3.63) is 0 Å². The molecule has 0 aliphatic heterocycles. The van der Waals surface area contributed by atoms with Crippen molar-refractivity contribution in [2.24, 2.45) is 17.8 Å². The summed E-state index contributed by atoms with van der Waals surface area (Å²) in [4.78, 5) is 23.0. The Morgan fingerprint density at radius 2 is 1.78 bits per heavy atom. The van der Waals surface area contributed by atoms with Gasteiger partial charge >= 0.3 is 0 Å². The lowest BCUT2D eigenvalue weighted by Crippen LogP contribution is -2.50. The molecule has 0 bridgehead atoms. The van der Waals surface area contributed by atoms with Gasteiger partial charge < -0.3 is 15.2 Å². The van der Waals surface area contributed by atoms with Gasteiger partial charge in [0.15, 0.2) is 0 Å². The quantitative estimate of drug-likeness (QED) is 0.798. The molecular weight excluding hydrogens is 230 g/mol. The van der Waals surface area contributed by atoms with E-state index in [2.05, 4.69) is 12.2 Å². The average molecular weight is 254 g/mol. The molecular formula is C14H24NO3-. The second kappa shape index (κ2) is 6.76. The van der Waals surface area contributed by atoms with Crippen LogP contribution >= 0.6 is 0 Å². The molecule has 0 unspecified atom stereocenters. The summed E-state index contributed by atoms with van der Waals surface area (Å²) in [7, 11) is 0. The van der Waals surface area contributed by atoms with E-state index in [9.17, 15) is 14.7 Å². The molecule has 18 heavy (non-hydrogen) atoms. The highest BCUT2D eigenvalue weighted by Crippen LogP contribution is 2.28. The Labute approximate surface area is 109 Å². The zero-order chi connectivity index (χ0) is 13.7. The van der Waals surface area contributed by atoms with E-state index >= 15 is 0 Å². The SMILES string of the molecule is CC(C)C[C@@H](NC(=O)C1CCC(C)CC1)C(=O)[O-]. The van der Waals surface area contributed by atoms with Gasteiger partial charge in [-0.15, -0.1) is 0 Å². The van der Waals surface area contributed by atoms with E-state index in [0.29, 0.717) is 12.3 Å². The van der Waals surface area contributed by atoms with E-state index in [0.717, 1.165) is 25.7 Å². The van der Waals surface area contributed by atoms with Crippen molar-refractivity contribution >= 4 is 11.9 Å². The van der Waals surface area contributed by atoms with Crippen molar-refractivity contribution < 1.29 is 14.7 Å². The molecule has 4 nitrogen and oxygen atoms in total. The number of carbonyl (C=O) groups excluding carboxylic acids is 2. The molecule has 0 spiro atoms. The first-order chi connectivity index (χ1) is 8.40. The maximum absolute atomic E-state index is 12.0. The summed E-state index contributed by atoms with van der Waals surface area (Å²) < 4.78 is 0. The van der Waals surface area contributed by atoms with Gasteiger partial charge in [0.25, 0.3) is 0 Å². The average Bonchev–Trinajstić information content (AvgIpc) is 2.28. The van der Waals surface area contributed by atoms with Gasteiger partial charge in [-0.1, -0.05) is 20.8 Å². The molecule has 1 amide bonds. The lowest BCUT2D eigenvalue weighted by Gasteiger charge is -2.28. The number of carboxylic acids is 1. The Kier molecular flexibility index (Phi) is 5.63. The largest absolute Gasteiger partial charge is 0.548 e. The van der Waals surface area contributed by atoms with E-state index in [1.165, 1.54) is 0 Å². The number of carboxylic acid groups (broad SMARTS) is 1. The lowest BCUT2D eigenvalue weighted by atomic mass is 9.82. The van der Waals surface area contributed by atoms with Crippen LogP contribution in [-0.2, 0) is 9.59 Å². The van der Waals surface area contributed by atoms with Crippen molar-refractivity contribution in [1.82, 2.24) is 5.32 Å². The highest BCUT2D eigenvalue weighted by molar-refractivity contribution is 5.84. The van der Waals surface area contributed by atoms with Crippen LogP contribution in [0.15, 0.2) is 0 Å². The molecule has 0 radical (unpaired) electrons. The molecule has 0 heterocycles. The number of aliphatic carboxylic acids is 1. The maximum atomic E-state index is 12.0. The molecule has 1 aliphatic carbocycles.